The molecule has 0 bridgehead atoms. The Morgan fingerprint density at radius 3 is 2.53 bits per heavy atom. The number of piperazine rings is 1. The molecule has 1 fully saturated rings. The lowest BCUT2D eigenvalue weighted by Gasteiger charge is -2.29. The number of allylic oxidation sites excluding steroid dienone is 3. The number of aromatic nitrogens is 2. The smallest absolute Gasteiger partial charge is 0.246 e. The molecule has 2 aromatic carbocycles. The topological polar surface area (TPSA) is 70.5 Å². The van der Waals surface area contributed by atoms with E-state index in [0.29, 0.717) is 22.3 Å². The SMILES string of the molecule is C=C/C(O)=C(\C(=C)F)c1cc2c(Oc3ccccc3)nnc(N3CCNCC3)c2cc1Cl. The Balaban J connectivity index is 1.95. The third-order valence-corrected chi connectivity index (χ3v) is 5.49. The lowest BCUT2D eigenvalue weighted by atomic mass is 9.99. The van der Waals surface area contributed by atoms with E-state index < -0.39 is 5.83 Å². The van der Waals surface area contributed by atoms with E-state index in [1.807, 2.05) is 18.2 Å². The van der Waals surface area contributed by atoms with Crippen molar-refractivity contribution in [3.63, 3.8) is 0 Å². The molecule has 4 rings (SSSR count). The van der Waals surface area contributed by atoms with Crippen molar-refractivity contribution in [2.24, 2.45) is 0 Å². The van der Waals surface area contributed by atoms with Crippen molar-refractivity contribution in [1.29, 1.82) is 0 Å². The molecule has 0 atom stereocenters. The minimum absolute atomic E-state index is 0.141. The molecule has 8 heteroatoms. The highest BCUT2D eigenvalue weighted by Gasteiger charge is 2.22. The molecule has 32 heavy (non-hydrogen) atoms. The first-order valence-electron chi connectivity index (χ1n) is 10.1. The van der Waals surface area contributed by atoms with E-state index in [0.717, 1.165) is 32.3 Å². The predicted molar refractivity (Wildman–Crippen MR) is 126 cm³/mol. The summed E-state index contributed by atoms with van der Waals surface area (Å²) in [5.41, 5.74) is 0.110. The molecule has 1 aliphatic rings. The number of hydrogen-bond acceptors (Lipinski definition) is 6. The van der Waals surface area contributed by atoms with Gasteiger partial charge in [0.1, 0.15) is 17.3 Å². The van der Waals surface area contributed by atoms with E-state index in [1.54, 1.807) is 24.3 Å². The van der Waals surface area contributed by atoms with Gasteiger partial charge in [-0.3, -0.25) is 0 Å². The van der Waals surface area contributed by atoms with Crippen LogP contribution in [0.25, 0.3) is 16.3 Å². The van der Waals surface area contributed by atoms with Crippen LogP contribution in [0.4, 0.5) is 10.2 Å². The first-order valence-corrected chi connectivity index (χ1v) is 10.5. The van der Waals surface area contributed by atoms with Crippen molar-refractivity contribution in [1.82, 2.24) is 15.5 Å². The Kier molecular flexibility index (Phi) is 6.39. The highest BCUT2D eigenvalue weighted by atomic mass is 35.5. The number of aliphatic hydroxyl groups is 1. The van der Waals surface area contributed by atoms with Crippen molar-refractivity contribution < 1.29 is 14.2 Å². The number of ether oxygens (including phenoxy) is 1. The Bertz CT molecular complexity index is 1210. The summed E-state index contributed by atoms with van der Waals surface area (Å²) >= 11 is 6.56. The standard InChI is InChI=1S/C24H22ClFN4O2/c1-3-21(31)22(15(2)26)19-13-18-17(14-20(19)25)23(30-11-9-27-10-12-30)28-29-24(18)32-16-7-5-4-6-8-16/h3-8,13-14,27,31H,1-2,9-12H2/b22-21-. The molecule has 1 saturated heterocycles. The second-order valence-corrected chi connectivity index (χ2v) is 7.64. The molecule has 0 radical (unpaired) electrons. The molecule has 6 nitrogen and oxygen atoms in total. The number of para-hydroxylation sites is 1. The van der Waals surface area contributed by atoms with Crippen molar-refractivity contribution in [3.05, 3.63) is 83.9 Å². The molecule has 0 saturated carbocycles. The molecular weight excluding hydrogens is 431 g/mol. The third-order valence-electron chi connectivity index (χ3n) is 5.18. The van der Waals surface area contributed by atoms with E-state index in [-0.39, 0.29) is 27.8 Å². The minimum atomic E-state index is -0.835. The van der Waals surface area contributed by atoms with Gasteiger partial charge in [0.15, 0.2) is 5.82 Å². The van der Waals surface area contributed by atoms with Gasteiger partial charge < -0.3 is 20.1 Å². The number of hydrogen-bond donors (Lipinski definition) is 2. The van der Waals surface area contributed by atoms with Crippen LogP contribution < -0.4 is 15.0 Å². The fraction of sp³-hybridized carbons (Fsp3) is 0.167. The Morgan fingerprint density at radius 1 is 1.16 bits per heavy atom. The molecule has 1 aliphatic heterocycles. The zero-order valence-corrected chi connectivity index (χ0v) is 18.1. The van der Waals surface area contributed by atoms with Crippen molar-refractivity contribution in [2.45, 2.75) is 0 Å². The quantitative estimate of drug-likeness (QED) is 0.384. The first kappa shape index (κ1) is 21.8. The number of rotatable bonds is 6. The average Bonchev–Trinajstić information content (AvgIpc) is 2.81. The van der Waals surface area contributed by atoms with Crippen molar-refractivity contribution >= 4 is 33.8 Å². The summed E-state index contributed by atoms with van der Waals surface area (Å²) in [7, 11) is 0. The molecule has 2 heterocycles. The zero-order chi connectivity index (χ0) is 22.7. The van der Waals surface area contributed by atoms with Crippen LogP contribution >= 0.6 is 11.6 Å². The predicted octanol–water partition coefficient (Wildman–Crippen LogP) is 5.42. The molecular formula is C24H22ClFN4O2. The van der Waals surface area contributed by atoms with Gasteiger partial charge in [0.25, 0.3) is 0 Å². The van der Waals surface area contributed by atoms with Crippen LogP contribution in [0.1, 0.15) is 5.56 Å². The third kappa shape index (κ3) is 4.30. The average molecular weight is 453 g/mol. The summed E-state index contributed by atoms with van der Waals surface area (Å²) in [5, 5.41) is 23.8. The van der Waals surface area contributed by atoms with Crippen LogP contribution in [0.5, 0.6) is 11.6 Å². The summed E-state index contributed by atoms with van der Waals surface area (Å²) in [6, 6.07) is 12.5. The maximum atomic E-state index is 14.3. The fourth-order valence-electron chi connectivity index (χ4n) is 3.64. The molecule has 2 N–H and O–H groups in total. The van der Waals surface area contributed by atoms with E-state index >= 15 is 0 Å². The van der Waals surface area contributed by atoms with Gasteiger partial charge in [0.2, 0.25) is 5.88 Å². The number of fused-ring (bicyclic) bond motifs is 1. The number of nitrogens with zero attached hydrogens (tertiary/aromatic N) is 3. The number of halogens is 2. The first-order chi connectivity index (χ1) is 15.5. The monoisotopic (exact) mass is 452 g/mol. The van der Waals surface area contributed by atoms with Crippen LogP contribution in [0.2, 0.25) is 5.02 Å². The van der Waals surface area contributed by atoms with Crippen LogP contribution in [0.15, 0.2) is 73.3 Å². The Morgan fingerprint density at radius 2 is 1.88 bits per heavy atom. The van der Waals surface area contributed by atoms with E-state index in [4.69, 9.17) is 16.3 Å². The van der Waals surface area contributed by atoms with Crippen LogP contribution in [-0.2, 0) is 0 Å². The molecule has 0 spiro atoms. The summed E-state index contributed by atoms with van der Waals surface area (Å²) in [6.07, 6.45) is 1.14. The maximum absolute atomic E-state index is 14.3. The molecule has 164 valence electrons. The van der Waals surface area contributed by atoms with E-state index in [1.165, 1.54) is 0 Å². The Labute approximate surface area is 190 Å². The number of nitrogens with one attached hydrogen (secondary N) is 1. The second-order valence-electron chi connectivity index (χ2n) is 7.23. The van der Waals surface area contributed by atoms with Gasteiger partial charge in [-0.25, -0.2) is 4.39 Å². The van der Waals surface area contributed by atoms with Gasteiger partial charge in [0, 0.05) is 42.2 Å². The highest BCUT2D eigenvalue weighted by molar-refractivity contribution is 6.33. The summed E-state index contributed by atoms with van der Waals surface area (Å²) in [4.78, 5) is 2.11. The minimum Gasteiger partial charge on any atom is -0.507 e. The van der Waals surface area contributed by atoms with E-state index in [9.17, 15) is 9.50 Å². The normalized spacial score (nSPS) is 14.8. The molecule has 0 amide bonds. The van der Waals surface area contributed by atoms with Crippen LogP contribution in [0.3, 0.4) is 0 Å². The van der Waals surface area contributed by atoms with E-state index in [2.05, 4.69) is 33.6 Å². The summed E-state index contributed by atoms with van der Waals surface area (Å²) in [5.74, 6) is 0.277. The largest absolute Gasteiger partial charge is 0.507 e. The van der Waals surface area contributed by atoms with Gasteiger partial charge in [-0.1, -0.05) is 43.0 Å². The summed E-state index contributed by atoms with van der Waals surface area (Å²) < 4.78 is 20.3. The van der Waals surface area contributed by atoms with Gasteiger partial charge in [-0.2, -0.15) is 0 Å². The van der Waals surface area contributed by atoms with Gasteiger partial charge in [-0.05, 0) is 30.3 Å². The van der Waals surface area contributed by atoms with Crippen LogP contribution in [-0.4, -0.2) is 41.5 Å². The molecule has 1 aromatic heterocycles. The number of aliphatic hydroxyl groups excluding tert-OH is 1. The highest BCUT2D eigenvalue weighted by Crippen LogP contribution is 2.40. The van der Waals surface area contributed by atoms with Gasteiger partial charge in [0.05, 0.1) is 11.0 Å². The Hall–Kier alpha value is -3.42. The zero-order valence-electron chi connectivity index (χ0n) is 17.3. The maximum Gasteiger partial charge on any atom is 0.246 e. The molecule has 3 aromatic rings. The lowest BCUT2D eigenvalue weighted by molar-refractivity contribution is 0.433. The van der Waals surface area contributed by atoms with Gasteiger partial charge in [-0.15, -0.1) is 10.2 Å². The fourth-order valence-corrected chi connectivity index (χ4v) is 3.90. The lowest BCUT2D eigenvalue weighted by Crippen LogP contribution is -2.44. The number of benzene rings is 2. The second kappa shape index (κ2) is 9.38. The van der Waals surface area contributed by atoms with Gasteiger partial charge >= 0.3 is 0 Å². The van der Waals surface area contributed by atoms with Crippen molar-refractivity contribution in [2.75, 3.05) is 31.1 Å². The van der Waals surface area contributed by atoms with Crippen molar-refractivity contribution in [3.8, 4) is 11.6 Å². The summed E-state index contributed by atoms with van der Waals surface area (Å²) in [6.45, 7) is 10.00. The molecule has 0 unspecified atom stereocenters. The van der Waals surface area contributed by atoms with Crippen LogP contribution in [0, 0.1) is 0 Å². The number of anilines is 1. The molecule has 0 aliphatic carbocycles.